The first-order valence-corrected chi connectivity index (χ1v) is 23.2. The van der Waals surface area contributed by atoms with E-state index in [0.29, 0.717) is 33.8 Å². The molecule has 0 bridgehead atoms. The first-order chi connectivity index (χ1) is 28.4. The molecule has 0 radical (unpaired) electrons. The zero-order valence-corrected chi connectivity index (χ0v) is 36.5. The second-order valence-corrected chi connectivity index (χ2v) is 18.2. The summed E-state index contributed by atoms with van der Waals surface area (Å²) in [6.07, 6.45) is 18.7. The lowest BCUT2D eigenvalue weighted by atomic mass is 9.96. The summed E-state index contributed by atoms with van der Waals surface area (Å²) in [4.78, 5) is 15.0. The molecule has 324 valence electrons. The van der Waals surface area contributed by atoms with E-state index in [1.807, 2.05) is 0 Å². The van der Waals surface area contributed by atoms with Crippen molar-refractivity contribution in [2.45, 2.75) is 172 Å². The molecule has 0 aliphatic carbocycles. The lowest BCUT2D eigenvalue weighted by Crippen LogP contribution is -2.45. The molecule has 2 aliphatic rings. The van der Waals surface area contributed by atoms with E-state index in [1.165, 1.54) is 89.8 Å². The van der Waals surface area contributed by atoms with Crippen molar-refractivity contribution in [1.29, 1.82) is 10.5 Å². The molecule has 2 saturated heterocycles. The normalized spacial score (nSPS) is 22.5. The van der Waals surface area contributed by atoms with Crippen LogP contribution in [0.1, 0.15) is 153 Å². The smallest absolute Gasteiger partial charge is 0.382 e. The highest BCUT2D eigenvalue weighted by Crippen LogP contribution is 2.52. The van der Waals surface area contributed by atoms with Gasteiger partial charge < -0.3 is 29.6 Å². The van der Waals surface area contributed by atoms with Gasteiger partial charge in [-0.05, 0) is 56.2 Å². The van der Waals surface area contributed by atoms with Crippen molar-refractivity contribution in [1.82, 2.24) is 14.6 Å². The van der Waals surface area contributed by atoms with Crippen LogP contribution in [0.15, 0.2) is 36.7 Å². The summed E-state index contributed by atoms with van der Waals surface area (Å²) in [5, 5.41) is 24.6. The average molecular weight is 857 g/mol. The van der Waals surface area contributed by atoms with Crippen LogP contribution in [0.3, 0.4) is 0 Å². The first-order valence-electron chi connectivity index (χ1n) is 21.3. The molecule has 0 saturated carbocycles. The Balaban J connectivity index is 1.12. The van der Waals surface area contributed by atoms with Crippen LogP contribution in [0.25, 0.3) is 5.52 Å². The Morgan fingerprint density at radius 1 is 0.932 bits per heavy atom. The summed E-state index contributed by atoms with van der Waals surface area (Å²) in [5.74, 6) is -0.830. The van der Waals surface area contributed by atoms with E-state index in [2.05, 4.69) is 29.1 Å². The Hall–Kier alpha value is -3.14. The van der Waals surface area contributed by atoms with Crippen LogP contribution >= 0.6 is 19.4 Å². The van der Waals surface area contributed by atoms with Gasteiger partial charge in [0, 0.05) is 5.02 Å². The number of rotatable bonds is 27. The fourth-order valence-corrected chi connectivity index (χ4v) is 8.97. The molecule has 3 N–H and O–H groups in total. The lowest BCUT2D eigenvalue weighted by molar-refractivity contribution is -0.204. The summed E-state index contributed by atoms with van der Waals surface area (Å²) >= 11 is 6.23. The van der Waals surface area contributed by atoms with Crippen LogP contribution in [0.5, 0.6) is 0 Å². The Bertz CT molecular complexity index is 1920. The standard InChI is InChI=1S/C43H62ClN6O8P/c1-4-5-6-7-8-9-10-11-12-13-14-15-16-17-18-19-20-35(53-27-33-23-32(26-45)24-34(44)25-33)28-54-59(51,52)55-30-43(29-46)40-39(56-42(2,3)58-40)38(57-43)36-21-22-37-41(47)48-31-49-50(36)37/h21-25,31,35,38-40H,4-20,27-28,30H2,1-3H3,(H,51,52)(H2,47,48,49)/t35-,38?,39+,40+,43-/m1/s1. The lowest BCUT2D eigenvalue weighted by Gasteiger charge is -2.29. The predicted molar refractivity (Wildman–Crippen MR) is 224 cm³/mol. The number of unbranched alkanes of at least 4 members (excludes halogenated alkanes) is 15. The summed E-state index contributed by atoms with van der Waals surface area (Å²) in [6.45, 7) is 4.90. The number of nitrogens with two attached hydrogens (primary N) is 1. The second kappa shape index (κ2) is 22.6. The van der Waals surface area contributed by atoms with Crippen LogP contribution in [0.4, 0.5) is 5.82 Å². The van der Waals surface area contributed by atoms with Gasteiger partial charge in [0.25, 0.3) is 0 Å². The van der Waals surface area contributed by atoms with E-state index < -0.39 is 50.2 Å². The molecule has 2 unspecified atom stereocenters. The minimum absolute atomic E-state index is 0.118. The van der Waals surface area contributed by atoms with E-state index in [-0.39, 0.29) is 19.0 Å². The summed E-state index contributed by atoms with van der Waals surface area (Å²) in [6, 6.07) is 12.7. The molecule has 4 heterocycles. The molecule has 14 nitrogen and oxygen atoms in total. The van der Waals surface area contributed by atoms with E-state index >= 15 is 0 Å². The maximum atomic E-state index is 13.4. The number of halogens is 1. The molecule has 1 aromatic carbocycles. The van der Waals surface area contributed by atoms with Crippen LogP contribution in [-0.4, -0.2) is 62.4 Å². The van der Waals surface area contributed by atoms with Gasteiger partial charge in [0.1, 0.15) is 42.8 Å². The van der Waals surface area contributed by atoms with Gasteiger partial charge in [-0.15, -0.1) is 0 Å². The van der Waals surface area contributed by atoms with Crippen molar-refractivity contribution in [2.24, 2.45) is 0 Å². The van der Waals surface area contributed by atoms with Crippen molar-refractivity contribution in [3.63, 3.8) is 0 Å². The number of hydrogen-bond acceptors (Lipinski definition) is 12. The molecule has 16 heteroatoms. The largest absolute Gasteiger partial charge is 0.472 e. The molecule has 2 aromatic heterocycles. The van der Waals surface area contributed by atoms with Crippen LogP contribution in [0, 0.1) is 22.7 Å². The van der Waals surface area contributed by atoms with Crippen LogP contribution in [0.2, 0.25) is 5.02 Å². The fraction of sp³-hybridized carbons (Fsp3) is 0.674. The molecule has 3 aromatic rings. The highest BCUT2D eigenvalue weighted by Gasteiger charge is 2.65. The topological polar surface area (TPSA) is 196 Å². The predicted octanol–water partition coefficient (Wildman–Crippen LogP) is 10.1. The van der Waals surface area contributed by atoms with Crippen molar-refractivity contribution < 1.29 is 37.5 Å². The maximum Gasteiger partial charge on any atom is 0.472 e. The molecule has 2 fully saturated rings. The Morgan fingerprint density at radius 2 is 1.58 bits per heavy atom. The quantitative estimate of drug-likeness (QED) is 0.0543. The summed E-state index contributed by atoms with van der Waals surface area (Å²) in [5.41, 5.74) is 6.38. The maximum absolute atomic E-state index is 13.4. The summed E-state index contributed by atoms with van der Waals surface area (Å²) < 4.78 is 50.9. The van der Waals surface area contributed by atoms with E-state index in [1.54, 1.807) is 48.7 Å². The third-order valence-electron chi connectivity index (χ3n) is 11.0. The number of nitriles is 2. The van der Waals surface area contributed by atoms with E-state index in [9.17, 15) is 20.0 Å². The van der Waals surface area contributed by atoms with Gasteiger partial charge in [-0.3, -0.25) is 9.05 Å². The molecule has 2 aliphatic heterocycles. The van der Waals surface area contributed by atoms with Gasteiger partial charge in [0.05, 0.1) is 36.6 Å². The molecular formula is C43H62ClN6O8P. The van der Waals surface area contributed by atoms with Gasteiger partial charge in [-0.25, -0.2) is 14.1 Å². The summed E-state index contributed by atoms with van der Waals surface area (Å²) in [7, 11) is -4.75. The number of phosphoric ester groups is 1. The zero-order valence-electron chi connectivity index (χ0n) is 34.9. The highest BCUT2D eigenvalue weighted by molar-refractivity contribution is 7.47. The first kappa shape index (κ1) is 46.9. The number of fused-ring (bicyclic) bond motifs is 2. The second-order valence-electron chi connectivity index (χ2n) is 16.3. The molecular weight excluding hydrogens is 795 g/mol. The minimum atomic E-state index is -4.75. The third kappa shape index (κ3) is 13.7. The number of phosphoric acid groups is 1. The number of aromatic nitrogens is 3. The van der Waals surface area contributed by atoms with Crippen molar-refractivity contribution in [3.05, 3.63) is 58.5 Å². The Morgan fingerprint density at radius 3 is 2.20 bits per heavy atom. The molecule has 0 amide bonds. The Kier molecular flexibility index (Phi) is 18.0. The fourth-order valence-electron chi connectivity index (χ4n) is 7.93. The SMILES string of the molecule is CCCCCCCCCCCCCCCCCC[C@H](COP(=O)(O)OC[C@@]1(C#N)OC(c2ccc3c(N)ncnn23)[C@@H]2OC(C)(C)O[C@@H]21)OCc1cc(Cl)cc(C#N)c1. The Labute approximate surface area is 354 Å². The van der Waals surface area contributed by atoms with E-state index in [0.717, 1.165) is 19.3 Å². The number of ether oxygens (including phenoxy) is 4. The van der Waals surface area contributed by atoms with Crippen molar-refractivity contribution in [2.75, 3.05) is 18.9 Å². The van der Waals surface area contributed by atoms with Gasteiger partial charge in [-0.2, -0.15) is 15.6 Å². The molecule has 6 atom stereocenters. The number of nitrogens with zero attached hydrogens (tertiary/aromatic N) is 5. The monoisotopic (exact) mass is 856 g/mol. The number of anilines is 1. The third-order valence-corrected chi connectivity index (χ3v) is 12.2. The highest BCUT2D eigenvalue weighted by atomic mass is 35.5. The molecule has 59 heavy (non-hydrogen) atoms. The van der Waals surface area contributed by atoms with Gasteiger partial charge >= 0.3 is 7.82 Å². The van der Waals surface area contributed by atoms with Crippen LogP contribution < -0.4 is 5.73 Å². The van der Waals surface area contributed by atoms with Crippen molar-refractivity contribution in [3.8, 4) is 12.1 Å². The van der Waals surface area contributed by atoms with Gasteiger partial charge in [-0.1, -0.05) is 121 Å². The number of hydrogen-bond donors (Lipinski definition) is 2. The molecule has 0 spiro atoms. The molecule has 5 rings (SSSR count). The number of benzene rings is 1. The van der Waals surface area contributed by atoms with Crippen LogP contribution in [-0.2, 0) is 39.2 Å². The van der Waals surface area contributed by atoms with Crippen molar-refractivity contribution >= 4 is 30.8 Å². The number of nitrogen functional groups attached to an aromatic ring is 1. The van der Waals surface area contributed by atoms with Gasteiger partial charge in [0.15, 0.2) is 11.6 Å². The van der Waals surface area contributed by atoms with Gasteiger partial charge in [0.2, 0.25) is 5.60 Å². The minimum Gasteiger partial charge on any atom is -0.382 e. The average Bonchev–Trinajstić information content (AvgIpc) is 3.87. The zero-order chi connectivity index (χ0) is 42.3. The van der Waals surface area contributed by atoms with E-state index in [4.69, 9.17) is 45.3 Å².